The molecule has 15 heteroatoms. The van der Waals surface area contributed by atoms with Crippen molar-refractivity contribution in [2.75, 3.05) is 0 Å². The zero-order valence-electron chi connectivity index (χ0n) is 6.36. The van der Waals surface area contributed by atoms with Crippen LogP contribution in [-0.2, 0) is 49.8 Å². The molecule has 0 aliphatic rings. The first-order valence-electron chi connectivity index (χ1n) is 2.15. The molecule has 11 nitrogen and oxygen atoms in total. The third kappa shape index (κ3) is 55.1. The van der Waals surface area contributed by atoms with Crippen LogP contribution in [0.1, 0.15) is 0 Å². The van der Waals surface area contributed by atoms with E-state index in [4.69, 9.17) is 27.6 Å². The number of phosphoric acid groups is 1. The van der Waals surface area contributed by atoms with Crippen LogP contribution in [0.2, 0.25) is 0 Å². The fourth-order valence-electron chi connectivity index (χ4n) is 0.109. The van der Waals surface area contributed by atoms with E-state index in [0.717, 1.165) is 0 Å². The normalized spacial score (nSPS) is 12.1. The molecule has 0 aliphatic carbocycles. The molecule has 0 bridgehead atoms. The molecular formula is H6Cr2FO11P. The predicted molar refractivity (Wildman–Crippen MR) is 25.0 cm³/mol. The first-order chi connectivity index (χ1) is 5.71. The quantitative estimate of drug-likeness (QED) is 0.336. The molecule has 0 unspecified atom stereocenters. The van der Waals surface area contributed by atoms with E-state index >= 15 is 0 Å². The molecule has 0 radical (unpaired) electrons. The fraction of sp³-hybridized carbons (Fsp3) is 0. The Kier molecular flexibility index (Phi) is 9.19. The van der Waals surface area contributed by atoms with Gasteiger partial charge in [0.2, 0.25) is 0 Å². The molecule has 0 fully saturated rings. The Hall–Kier alpha value is 0.185. The van der Waals surface area contributed by atoms with Gasteiger partial charge in [-0.25, -0.2) is 4.57 Å². The SMILES string of the molecule is F.O=P(O)(O)O.[O]=[Cr](=[O])([OH])[O][Cr](=[O])(=[O])[OH]. The van der Waals surface area contributed by atoms with Crippen molar-refractivity contribution < 1.29 is 77.5 Å². The molecule has 96 valence electrons. The van der Waals surface area contributed by atoms with Crippen molar-refractivity contribution in [3.05, 3.63) is 0 Å². The molecule has 0 saturated heterocycles. The minimum atomic E-state index is -5.76. The van der Waals surface area contributed by atoms with Crippen LogP contribution in [0.3, 0.4) is 0 Å². The Morgan fingerprint density at radius 1 is 0.867 bits per heavy atom. The molecule has 0 heterocycles. The standard InChI is InChI=1S/2Cr.FH.H3O4P.2H2O.5O/c;;;1-5(2,3)4;;;;;;;/h;;1H;(H3,1,2,3,4);2*1H2;;;;;/q2*+1;;;;;;;;;/p-2. The monoisotopic (exact) mass is 336 g/mol. The van der Waals surface area contributed by atoms with E-state index < -0.39 is 35.1 Å². The van der Waals surface area contributed by atoms with Crippen LogP contribution in [0.15, 0.2) is 0 Å². The maximum atomic E-state index is 9.53. The molecule has 0 spiro atoms. The molecule has 0 aliphatic heterocycles. The van der Waals surface area contributed by atoms with E-state index in [-0.39, 0.29) is 4.70 Å². The summed E-state index contributed by atoms with van der Waals surface area (Å²) in [6.07, 6.45) is 0. The molecule has 0 rings (SSSR count). The summed E-state index contributed by atoms with van der Waals surface area (Å²) in [5.74, 6) is 0. The van der Waals surface area contributed by atoms with Crippen molar-refractivity contribution in [3.8, 4) is 0 Å². The van der Waals surface area contributed by atoms with Crippen LogP contribution in [0, 0.1) is 0 Å². The molecule has 0 amide bonds. The number of hydrogen-bond donors (Lipinski definition) is 5. The predicted octanol–water partition coefficient (Wildman–Crippen LogP) is -2.44. The maximum absolute atomic E-state index is 9.53. The van der Waals surface area contributed by atoms with E-state index in [1.807, 2.05) is 0 Å². The molecule has 0 aromatic heterocycles. The van der Waals surface area contributed by atoms with Gasteiger partial charge in [-0.05, 0) is 0 Å². The van der Waals surface area contributed by atoms with Crippen LogP contribution >= 0.6 is 7.82 Å². The van der Waals surface area contributed by atoms with E-state index in [1.54, 1.807) is 0 Å². The summed E-state index contributed by atoms with van der Waals surface area (Å²) in [6.45, 7) is 0. The number of hydrogen-bond acceptors (Lipinski definition) is 6. The van der Waals surface area contributed by atoms with Crippen molar-refractivity contribution in [3.63, 3.8) is 0 Å². The summed E-state index contributed by atoms with van der Waals surface area (Å²) >= 11 is -11.5. The number of halogens is 1. The van der Waals surface area contributed by atoms with Gasteiger partial charge in [-0.3, -0.25) is 4.70 Å². The summed E-state index contributed by atoms with van der Waals surface area (Å²) in [7, 11) is -4.64. The minimum absolute atomic E-state index is 0. The van der Waals surface area contributed by atoms with Gasteiger partial charge in [0.1, 0.15) is 0 Å². The Balaban J connectivity index is -0.000000208. The second-order valence-corrected chi connectivity index (χ2v) is 6.22. The average Bonchev–Trinajstić information content (AvgIpc) is 1.42. The second kappa shape index (κ2) is 6.70. The summed E-state index contributed by atoms with van der Waals surface area (Å²) in [5.41, 5.74) is 0. The Morgan fingerprint density at radius 3 is 1.00 bits per heavy atom. The zero-order chi connectivity index (χ0) is 12.2. The van der Waals surface area contributed by atoms with E-state index in [9.17, 15) is 15.2 Å². The van der Waals surface area contributed by atoms with Gasteiger partial charge in [0.05, 0.1) is 0 Å². The zero-order valence-corrected chi connectivity index (χ0v) is 9.80. The van der Waals surface area contributed by atoms with Gasteiger partial charge in [0.15, 0.2) is 0 Å². The van der Waals surface area contributed by atoms with Crippen LogP contribution in [0.5, 0.6) is 0 Å². The van der Waals surface area contributed by atoms with Gasteiger partial charge < -0.3 is 14.7 Å². The van der Waals surface area contributed by atoms with Gasteiger partial charge in [-0.1, -0.05) is 0 Å². The van der Waals surface area contributed by atoms with Gasteiger partial charge >= 0.3 is 61.4 Å². The molecule has 0 aromatic rings. The summed E-state index contributed by atoms with van der Waals surface area (Å²) < 4.78 is 65.1. The average molecular weight is 336 g/mol. The first-order valence-corrected chi connectivity index (χ1v) is 7.98. The molecule has 5 N–H and O–H groups in total. The van der Waals surface area contributed by atoms with Crippen LogP contribution in [0.4, 0.5) is 4.70 Å². The summed E-state index contributed by atoms with van der Waals surface area (Å²) in [6, 6.07) is 0. The van der Waals surface area contributed by atoms with Crippen LogP contribution in [0.25, 0.3) is 0 Å². The molecular weight excluding hydrogens is 330 g/mol. The Bertz CT molecular complexity index is 356. The van der Waals surface area contributed by atoms with Crippen molar-refractivity contribution in [1.29, 1.82) is 0 Å². The van der Waals surface area contributed by atoms with Crippen LogP contribution in [-0.4, -0.2) is 23.0 Å². The van der Waals surface area contributed by atoms with Gasteiger partial charge in [0.25, 0.3) is 0 Å². The topological polar surface area (TPSA) is 196 Å². The molecule has 0 saturated carbocycles. The fourth-order valence-corrected chi connectivity index (χ4v) is 1.85. The van der Waals surface area contributed by atoms with Gasteiger partial charge in [0, 0.05) is 0 Å². The Labute approximate surface area is 85.7 Å². The van der Waals surface area contributed by atoms with Crippen molar-refractivity contribution >= 4 is 7.82 Å². The number of rotatable bonds is 2. The van der Waals surface area contributed by atoms with Gasteiger partial charge in [-0.15, -0.1) is 0 Å². The first kappa shape index (κ1) is 20.6. The second-order valence-electron chi connectivity index (χ2n) is 1.44. The van der Waals surface area contributed by atoms with Crippen molar-refractivity contribution in [2.24, 2.45) is 0 Å². The molecule has 15 heavy (non-hydrogen) atoms. The van der Waals surface area contributed by atoms with E-state index in [1.165, 1.54) is 0 Å². The van der Waals surface area contributed by atoms with Crippen molar-refractivity contribution in [2.45, 2.75) is 0 Å². The molecule has 0 aromatic carbocycles. The van der Waals surface area contributed by atoms with Crippen molar-refractivity contribution in [1.82, 2.24) is 0 Å². The van der Waals surface area contributed by atoms with Crippen LogP contribution < -0.4 is 0 Å². The summed E-state index contributed by atoms with van der Waals surface area (Å²) in [5, 5.41) is 0. The van der Waals surface area contributed by atoms with E-state index in [0.29, 0.717) is 0 Å². The third-order valence-corrected chi connectivity index (χ3v) is 2.92. The van der Waals surface area contributed by atoms with E-state index in [2.05, 4.69) is 2.84 Å². The van der Waals surface area contributed by atoms with Gasteiger partial charge in [-0.2, -0.15) is 0 Å². The summed E-state index contributed by atoms with van der Waals surface area (Å²) in [4.78, 5) is 21.6. The molecule has 0 atom stereocenters. The third-order valence-electron chi connectivity index (χ3n) is 0.172. The Morgan fingerprint density at radius 2 is 1.00 bits per heavy atom.